The van der Waals surface area contributed by atoms with E-state index in [2.05, 4.69) is 163 Å². The van der Waals surface area contributed by atoms with Gasteiger partial charge in [0.25, 0.3) is 0 Å². The molecule has 0 radical (unpaired) electrons. The van der Waals surface area contributed by atoms with Gasteiger partial charge in [-0.15, -0.1) is 0 Å². The van der Waals surface area contributed by atoms with Crippen LogP contribution in [-0.4, -0.2) is 11.7 Å². The molecule has 1 N–H and O–H groups in total. The van der Waals surface area contributed by atoms with E-state index in [1.54, 1.807) is 0 Å². The fourth-order valence-electron chi connectivity index (χ4n) is 7.51. The van der Waals surface area contributed by atoms with Gasteiger partial charge >= 0.3 is 0 Å². The Hall–Kier alpha value is -7.04. The van der Waals surface area contributed by atoms with E-state index in [0.717, 1.165) is 66.5 Å². The Bertz CT molecular complexity index is 2850. The molecule has 53 heavy (non-hydrogen) atoms. The lowest BCUT2D eigenvalue weighted by molar-refractivity contribution is 0.668. The van der Waals surface area contributed by atoms with E-state index in [4.69, 9.17) is 14.4 Å². The van der Waals surface area contributed by atoms with Gasteiger partial charge in [0.15, 0.2) is 5.84 Å². The number of fused-ring (bicyclic) bond motifs is 4. The number of aliphatic imine (C=N–C) groups is 2. The zero-order valence-electron chi connectivity index (χ0n) is 28.8. The van der Waals surface area contributed by atoms with Crippen molar-refractivity contribution < 1.29 is 4.42 Å². The van der Waals surface area contributed by atoms with E-state index in [1.165, 1.54) is 22.1 Å². The van der Waals surface area contributed by atoms with E-state index in [0.29, 0.717) is 5.84 Å². The molecule has 0 fully saturated rings. The molecule has 1 aromatic heterocycles. The smallest absolute Gasteiger partial charge is 0.159 e. The zero-order valence-corrected chi connectivity index (χ0v) is 28.8. The highest BCUT2D eigenvalue weighted by Crippen LogP contribution is 2.39. The Balaban J connectivity index is 1.15. The molecule has 10 rings (SSSR count). The average Bonchev–Trinajstić information content (AvgIpc) is 3.63. The Morgan fingerprint density at radius 2 is 1.08 bits per heavy atom. The van der Waals surface area contributed by atoms with Gasteiger partial charge in [0.1, 0.15) is 23.2 Å². The summed E-state index contributed by atoms with van der Waals surface area (Å²) in [5.74, 6) is 1.43. The van der Waals surface area contributed by atoms with Gasteiger partial charge in [0.2, 0.25) is 0 Å². The number of amidine groups is 2. The van der Waals surface area contributed by atoms with Crippen molar-refractivity contribution in [1.82, 2.24) is 5.32 Å². The highest BCUT2D eigenvalue weighted by molar-refractivity contribution is 6.24. The molecule has 0 aliphatic carbocycles. The first kappa shape index (κ1) is 30.8. The molecule has 0 spiro atoms. The molecule has 0 bridgehead atoms. The van der Waals surface area contributed by atoms with Crippen molar-refractivity contribution in [3.05, 3.63) is 205 Å². The van der Waals surface area contributed by atoms with Crippen LogP contribution < -0.4 is 5.32 Å². The van der Waals surface area contributed by atoms with Gasteiger partial charge < -0.3 is 9.73 Å². The predicted molar refractivity (Wildman–Crippen MR) is 219 cm³/mol. The molecule has 1 aliphatic heterocycles. The third-order valence-electron chi connectivity index (χ3n) is 10.1. The molecule has 4 heteroatoms. The molecule has 4 nitrogen and oxygen atoms in total. The summed E-state index contributed by atoms with van der Waals surface area (Å²) in [5, 5.41) is 8.22. The minimum atomic E-state index is -0.382. The summed E-state index contributed by atoms with van der Waals surface area (Å²) in [6.45, 7) is 0. The number of hydrogen-bond donors (Lipinski definition) is 1. The van der Waals surface area contributed by atoms with Crippen molar-refractivity contribution in [1.29, 1.82) is 0 Å². The van der Waals surface area contributed by atoms with Crippen LogP contribution in [0.25, 0.3) is 66.1 Å². The van der Waals surface area contributed by atoms with E-state index < -0.39 is 0 Å². The van der Waals surface area contributed by atoms with Gasteiger partial charge in [0.05, 0.1) is 0 Å². The van der Waals surface area contributed by atoms with E-state index in [1.807, 2.05) is 30.3 Å². The quantitative estimate of drug-likeness (QED) is 0.190. The van der Waals surface area contributed by atoms with Crippen molar-refractivity contribution >= 4 is 44.4 Å². The molecule has 0 amide bonds. The summed E-state index contributed by atoms with van der Waals surface area (Å²) in [6, 6.07) is 65.8. The van der Waals surface area contributed by atoms with Crippen LogP contribution in [0.15, 0.2) is 202 Å². The lowest BCUT2D eigenvalue weighted by Gasteiger charge is -2.25. The fraction of sp³-hybridized carbons (Fsp3) is 0.0204. The van der Waals surface area contributed by atoms with Gasteiger partial charge in [0, 0.05) is 21.9 Å². The van der Waals surface area contributed by atoms with Gasteiger partial charge in [-0.1, -0.05) is 152 Å². The first-order chi connectivity index (χ1) is 26.2. The Labute approximate surface area is 307 Å². The van der Waals surface area contributed by atoms with Crippen molar-refractivity contribution in [3.8, 4) is 33.4 Å². The second-order valence-corrected chi connectivity index (χ2v) is 13.4. The fourth-order valence-corrected chi connectivity index (χ4v) is 7.51. The highest BCUT2D eigenvalue weighted by atomic mass is 16.3. The first-order valence-electron chi connectivity index (χ1n) is 17.9. The Morgan fingerprint density at radius 1 is 0.453 bits per heavy atom. The molecule has 8 aromatic carbocycles. The summed E-state index contributed by atoms with van der Waals surface area (Å²) in [6.07, 6.45) is -0.382. The standard InChI is InChI=1S/C49H33N3O/c1-4-13-32(14-5-1)35-19-12-20-39(30-35)41-27-28-44-45(42-21-10-11-22-43(42)53-44)46(41)49-51-47(34-17-8-3-9-18-34)50-48(52-49)40-26-25-37-29-36(23-24-38(37)31-40)33-15-6-2-7-16-33/h1-31,48H,(H,50,51,52). The molecular formula is C49H33N3O. The van der Waals surface area contributed by atoms with E-state index in [-0.39, 0.29) is 6.17 Å². The van der Waals surface area contributed by atoms with Crippen LogP contribution in [0.4, 0.5) is 0 Å². The second-order valence-electron chi connectivity index (χ2n) is 13.4. The molecule has 2 heterocycles. The molecule has 1 aliphatic rings. The summed E-state index contributed by atoms with van der Waals surface area (Å²) in [4.78, 5) is 10.6. The van der Waals surface area contributed by atoms with Crippen LogP contribution >= 0.6 is 0 Å². The SMILES string of the molecule is c1ccc(C2=NC(c3ccc4cc(-c5ccccc5)ccc4c3)NC(c3c(-c4cccc(-c5ccccc5)c4)ccc4oc5ccccc5c34)=N2)cc1. The van der Waals surface area contributed by atoms with Crippen LogP contribution in [0.1, 0.15) is 22.9 Å². The number of rotatable bonds is 6. The minimum absolute atomic E-state index is 0.382. The van der Waals surface area contributed by atoms with Gasteiger partial charge in [-0.05, 0) is 86.1 Å². The monoisotopic (exact) mass is 679 g/mol. The van der Waals surface area contributed by atoms with E-state index >= 15 is 0 Å². The zero-order chi connectivity index (χ0) is 35.1. The molecule has 1 unspecified atom stereocenters. The van der Waals surface area contributed by atoms with Crippen LogP contribution in [0.5, 0.6) is 0 Å². The number of nitrogens with one attached hydrogen (secondary N) is 1. The van der Waals surface area contributed by atoms with E-state index in [9.17, 15) is 0 Å². The van der Waals surface area contributed by atoms with Gasteiger partial charge in [-0.25, -0.2) is 9.98 Å². The van der Waals surface area contributed by atoms with Gasteiger partial charge in [-0.3, -0.25) is 0 Å². The average molecular weight is 680 g/mol. The van der Waals surface area contributed by atoms with Gasteiger partial charge in [-0.2, -0.15) is 0 Å². The molecule has 1 atom stereocenters. The van der Waals surface area contributed by atoms with Crippen LogP contribution in [-0.2, 0) is 0 Å². The first-order valence-corrected chi connectivity index (χ1v) is 17.9. The predicted octanol–water partition coefficient (Wildman–Crippen LogP) is 12.2. The maximum atomic E-state index is 6.47. The van der Waals surface area contributed by atoms with Crippen molar-refractivity contribution in [2.75, 3.05) is 0 Å². The number of benzene rings is 8. The summed E-state index contributed by atoms with van der Waals surface area (Å²) in [7, 11) is 0. The normalized spacial score (nSPS) is 14.2. The summed E-state index contributed by atoms with van der Waals surface area (Å²) >= 11 is 0. The second kappa shape index (κ2) is 12.9. The van der Waals surface area contributed by atoms with Crippen molar-refractivity contribution in [2.45, 2.75) is 6.17 Å². The molecule has 0 saturated carbocycles. The third kappa shape index (κ3) is 5.67. The molecular weight excluding hydrogens is 647 g/mol. The maximum absolute atomic E-state index is 6.47. The topological polar surface area (TPSA) is 49.9 Å². The molecule has 0 saturated heterocycles. The largest absolute Gasteiger partial charge is 0.456 e. The van der Waals surface area contributed by atoms with Crippen molar-refractivity contribution in [3.63, 3.8) is 0 Å². The lowest BCUT2D eigenvalue weighted by atomic mass is 9.92. The van der Waals surface area contributed by atoms with Crippen molar-refractivity contribution in [2.24, 2.45) is 9.98 Å². The lowest BCUT2D eigenvalue weighted by Crippen LogP contribution is -2.34. The van der Waals surface area contributed by atoms with Crippen LogP contribution in [0.3, 0.4) is 0 Å². The number of nitrogens with zero attached hydrogens (tertiary/aromatic N) is 2. The number of para-hydroxylation sites is 1. The summed E-state index contributed by atoms with van der Waals surface area (Å²) in [5.41, 5.74) is 11.5. The minimum Gasteiger partial charge on any atom is -0.456 e. The third-order valence-corrected chi connectivity index (χ3v) is 10.1. The van der Waals surface area contributed by atoms with Crippen LogP contribution in [0.2, 0.25) is 0 Å². The highest BCUT2D eigenvalue weighted by Gasteiger charge is 2.27. The molecule has 9 aromatic rings. The Morgan fingerprint density at radius 3 is 1.85 bits per heavy atom. The number of hydrogen-bond acceptors (Lipinski definition) is 4. The maximum Gasteiger partial charge on any atom is 0.159 e. The summed E-state index contributed by atoms with van der Waals surface area (Å²) < 4.78 is 6.47. The molecule has 250 valence electrons. The Kier molecular flexibility index (Phi) is 7.51. The van der Waals surface area contributed by atoms with Crippen LogP contribution in [0, 0.1) is 0 Å². The number of furan rings is 1.